The average molecular weight is 260 g/mol. The first-order valence-corrected chi connectivity index (χ1v) is 7.50. The van der Waals surface area contributed by atoms with Crippen molar-refractivity contribution in [3.63, 3.8) is 0 Å². The van der Waals surface area contributed by atoms with Gasteiger partial charge in [0.2, 0.25) is 0 Å². The van der Waals surface area contributed by atoms with E-state index in [0.29, 0.717) is 0 Å². The Morgan fingerprint density at radius 3 is 2.42 bits per heavy atom. The number of piperidine rings is 1. The van der Waals surface area contributed by atoms with Crippen LogP contribution in [0.2, 0.25) is 0 Å². The minimum atomic E-state index is 0.137. The molecule has 0 radical (unpaired) electrons. The second-order valence-electron chi connectivity index (χ2n) is 6.63. The number of nitrogens with zero attached hydrogens (tertiary/aromatic N) is 1. The molecule has 106 valence electrons. The van der Waals surface area contributed by atoms with E-state index in [2.05, 4.69) is 50.8 Å². The van der Waals surface area contributed by atoms with Crippen molar-refractivity contribution in [1.82, 2.24) is 4.90 Å². The molecule has 2 heteroatoms. The van der Waals surface area contributed by atoms with Crippen LogP contribution in [-0.4, -0.2) is 24.5 Å². The number of hydrogen-bond acceptors (Lipinski definition) is 2. The summed E-state index contributed by atoms with van der Waals surface area (Å²) in [6, 6.07) is 6.74. The van der Waals surface area contributed by atoms with Gasteiger partial charge >= 0.3 is 0 Å². The second-order valence-corrected chi connectivity index (χ2v) is 6.63. The zero-order valence-corrected chi connectivity index (χ0v) is 12.8. The van der Waals surface area contributed by atoms with Gasteiger partial charge in [0.15, 0.2) is 0 Å². The molecule has 2 N–H and O–H groups in total. The Morgan fingerprint density at radius 1 is 1.21 bits per heavy atom. The van der Waals surface area contributed by atoms with E-state index in [0.717, 1.165) is 18.4 Å². The molecule has 0 amide bonds. The Labute approximate surface area is 118 Å². The summed E-state index contributed by atoms with van der Waals surface area (Å²) >= 11 is 0. The van der Waals surface area contributed by atoms with E-state index in [1.54, 1.807) is 0 Å². The van der Waals surface area contributed by atoms with Crippen molar-refractivity contribution < 1.29 is 0 Å². The predicted octanol–water partition coefficient (Wildman–Crippen LogP) is 3.28. The summed E-state index contributed by atoms with van der Waals surface area (Å²) in [5.74, 6) is 1.60. The van der Waals surface area contributed by atoms with Crippen molar-refractivity contribution in [1.29, 1.82) is 0 Å². The molecule has 2 rings (SSSR count). The summed E-state index contributed by atoms with van der Waals surface area (Å²) in [6.07, 6.45) is 1.36. The first-order chi connectivity index (χ1) is 8.95. The van der Waals surface area contributed by atoms with Gasteiger partial charge in [-0.3, -0.25) is 0 Å². The average Bonchev–Trinajstić information content (AvgIpc) is 2.26. The highest BCUT2D eigenvalue weighted by Crippen LogP contribution is 2.24. The van der Waals surface area contributed by atoms with Crippen molar-refractivity contribution in [2.75, 3.05) is 19.6 Å². The monoisotopic (exact) mass is 260 g/mol. The Balaban J connectivity index is 2.02. The molecule has 1 saturated heterocycles. The maximum atomic E-state index is 6.43. The molecular weight excluding hydrogens is 232 g/mol. The van der Waals surface area contributed by atoms with E-state index in [1.165, 1.54) is 36.2 Å². The van der Waals surface area contributed by atoms with Crippen LogP contribution in [0.15, 0.2) is 18.2 Å². The van der Waals surface area contributed by atoms with E-state index in [1.807, 2.05) is 0 Å². The fourth-order valence-electron chi connectivity index (χ4n) is 3.56. The summed E-state index contributed by atoms with van der Waals surface area (Å²) in [7, 11) is 0. The van der Waals surface area contributed by atoms with Gasteiger partial charge in [-0.05, 0) is 43.2 Å². The van der Waals surface area contributed by atoms with Crippen LogP contribution in [0.25, 0.3) is 0 Å². The minimum Gasteiger partial charge on any atom is -0.323 e. The minimum absolute atomic E-state index is 0.137. The molecule has 19 heavy (non-hydrogen) atoms. The van der Waals surface area contributed by atoms with Gasteiger partial charge in [0, 0.05) is 25.7 Å². The molecule has 0 bridgehead atoms. The predicted molar refractivity (Wildman–Crippen MR) is 82.2 cm³/mol. The Kier molecular flexibility index (Phi) is 4.64. The molecule has 1 aliphatic heterocycles. The lowest BCUT2D eigenvalue weighted by Gasteiger charge is -2.36. The van der Waals surface area contributed by atoms with Crippen LogP contribution >= 0.6 is 0 Å². The van der Waals surface area contributed by atoms with E-state index < -0.39 is 0 Å². The van der Waals surface area contributed by atoms with Crippen molar-refractivity contribution in [2.24, 2.45) is 17.6 Å². The maximum Gasteiger partial charge on any atom is 0.0426 e. The zero-order valence-electron chi connectivity index (χ0n) is 12.8. The van der Waals surface area contributed by atoms with Crippen molar-refractivity contribution in [3.8, 4) is 0 Å². The number of nitrogens with two attached hydrogens (primary N) is 1. The van der Waals surface area contributed by atoms with Crippen LogP contribution in [-0.2, 0) is 0 Å². The molecule has 2 nitrogen and oxygen atoms in total. The number of aryl methyl sites for hydroxylation is 2. The third-order valence-corrected chi connectivity index (χ3v) is 4.22. The van der Waals surface area contributed by atoms with E-state index in [-0.39, 0.29) is 6.04 Å². The Morgan fingerprint density at radius 2 is 1.84 bits per heavy atom. The fourth-order valence-corrected chi connectivity index (χ4v) is 3.56. The van der Waals surface area contributed by atoms with Crippen LogP contribution in [0.4, 0.5) is 0 Å². The zero-order chi connectivity index (χ0) is 14.0. The third kappa shape index (κ3) is 3.80. The van der Waals surface area contributed by atoms with E-state index in [4.69, 9.17) is 5.73 Å². The van der Waals surface area contributed by atoms with Crippen molar-refractivity contribution in [2.45, 2.75) is 40.2 Å². The van der Waals surface area contributed by atoms with Crippen LogP contribution in [0.5, 0.6) is 0 Å². The van der Waals surface area contributed by atoms with Gasteiger partial charge in [-0.25, -0.2) is 0 Å². The molecule has 1 heterocycles. The molecule has 0 aliphatic carbocycles. The summed E-state index contributed by atoms with van der Waals surface area (Å²) in [6.45, 7) is 12.4. The first kappa shape index (κ1) is 14.5. The number of hydrogen-bond donors (Lipinski definition) is 1. The summed E-state index contributed by atoms with van der Waals surface area (Å²) in [5.41, 5.74) is 10.4. The SMILES string of the molecule is Cc1ccc(C(N)CN2CC(C)CC(C)C2)c(C)c1. The molecule has 3 unspecified atom stereocenters. The van der Waals surface area contributed by atoms with E-state index in [9.17, 15) is 0 Å². The Bertz CT molecular complexity index is 417. The summed E-state index contributed by atoms with van der Waals surface area (Å²) < 4.78 is 0. The normalized spacial score (nSPS) is 26.4. The van der Waals surface area contributed by atoms with Crippen LogP contribution in [0.1, 0.15) is 43.0 Å². The van der Waals surface area contributed by atoms with Crippen molar-refractivity contribution >= 4 is 0 Å². The quantitative estimate of drug-likeness (QED) is 0.903. The van der Waals surface area contributed by atoms with Gasteiger partial charge in [-0.15, -0.1) is 0 Å². The fraction of sp³-hybridized carbons (Fsp3) is 0.647. The number of rotatable bonds is 3. The lowest BCUT2D eigenvalue weighted by atomic mass is 9.91. The number of likely N-dealkylation sites (tertiary alicyclic amines) is 1. The van der Waals surface area contributed by atoms with Gasteiger partial charge in [-0.2, -0.15) is 0 Å². The summed E-state index contributed by atoms with van der Waals surface area (Å²) in [5, 5.41) is 0. The molecule has 1 aromatic carbocycles. The Hall–Kier alpha value is -0.860. The molecule has 3 atom stereocenters. The third-order valence-electron chi connectivity index (χ3n) is 4.22. The smallest absolute Gasteiger partial charge is 0.0426 e. The highest BCUT2D eigenvalue weighted by molar-refractivity contribution is 5.32. The van der Waals surface area contributed by atoms with Gasteiger partial charge in [-0.1, -0.05) is 37.6 Å². The van der Waals surface area contributed by atoms with Gasteiger partial charge in [0.25, 0.3) is 0 Å². The van der Waals surface area contributed by atoms with Gasteiger partial charge in [0.05, 0.1) is 0 Å². The summed E-state index contributed by atoms with van der Waals surface area (Å²) in [4.78, 5) is 2.54. The highest BCUT2D eigenvalue weighted by Gasteiger charge is 2.23. The molecule has 0 aromatic heterocycles. The molecule has 0 saturated carbocycles. The standard InChI is InChI=1S/C17H28N2/c1-12-5-6-16(15(4)8-12)17(18)11-19-9-13(2)7-14(3)10-19/h5-6,8,13-14,17H,7,9-11,18H2,1-4H3. The first-order valence-electron chi connectivity index (χ1n) is 7.50. The van der Waals surface area contributed by atoms with Crippen LogP contribution < -0.4 is 5.73 Å². The van der Waals surface area contributed by atoms with Gasteiger partial charge < -0.3 is 10.6 Å². The topological polar surface area (TPSA) is 29.3 Å². The molecule has 1 aromatic rings. The van der Waals surface area contributed by atoms with Crippen LogP contribution in [0.3, 0.4) is 0 Å². The second kappa shape index (κ2) is 6.06. The van der Waals surface area contributed by atoms with E-state index >= 15 is 0 Å². The van der Waals surface area contributed by atoms with Gasteiger partial charge in [0.1, 0.15) is 0 Å². The van der Waals surface area contributed by atoms with Crippen LogP contribution in [0, 0.1) is 25.7 Å². The maximum absolute atomic E-state index is 6.43. The lowest BCUT2D eigenvalue weighted by Crippen LogP contribution is -2.42. The molecule has 1 aliphatic rings. The highest BCUT2D eigenvalue weighted by atomic mass is 15.1. The largest absolute Gasteiger partial charge is 0.323 e. The molecule has 0 spiro atoms. The molecule has 1 fully saturated rings. The van der Waals surface area contributed by atoms with Crippen molar-refractivity contribution in [3.05, 3.63) is 34.9 Å². The number of benzene rings is 1. The molecular formula is C17H28N2. The lowest BCUT2D eigenvalue weighted by molar-refractivity contribution is 0.134.